The van der Waals surface area contributed by atoms with Crippen molar-refractivity contribution in [3.8, 4) is 0 Å². The maximum absolute atomic E-state index is 4.63. The van der Waals surface area contributed by atoms with Gasteiger partial charge in [0.2, 0.25) is 0 Å². The highest BCUT2D eigenvalue weighted by Crippen LogP contribution is 2.21. The summed E-state index contributed by atoms with van der Waals surface area (Å²) in [6, 6.07) is 8.63. The second-order valence-electron chi connectivity index (χ2n) is 5.10. The fourth-order valence-corrected chi connectivity index (χ4v) is 3.09. The molecule has 1 N–H and O–H groups in total. The minimum Gasteiger partial charge on any atom is -0.306 e. The van der Waals surface area contributed by atoms with Gasteiger partial charge in [-0.3, -0.25) is 4.68 Å². The van der Waals surface area contributed by atoms with Crippen LogP contribution in [0.25, 0.3) is 10.2 Å². The number of thiazole rings is 1. The van der Waals surface area contributed by atoms with Crippen LogP contribution in [-0.2, 0) is 13.1 Å². The number of rotatable bonds is 5. The van der Waals surface area contributed by atoms with Gasteiger partial charge < -0.3 is 5.32 Å². The van der Waals surface area contributed by atoms with Crippen molar-refractivity contribution in [2.24, 2.45) is 0 Å². The number of benzene rings is 1. The van der Waals surface area contributed by atoms with Crippen LogP contribution in [0.3, 0.4) is 0 Å². The summed E-state index contributed by atoms with van der Waals surface area (Å²) in [7, 11) is 0. The lowest BCUT2D eigenvalue weighted by atomic mass is 10.3. The molecule has 1 atom stereocenters. The van der Waals surface area contributed by atoms with E-state index in [0.29, 0.717) is 6.04 Å². The Morgan fingerprint density at radius 3 is 2.95 bits per heavy atom. The molecule has 0 fully saturated rings. The molecular weight excluding hydrogens is 268 g/mol. The molecule has 0 bridgehead atoms. The maximum Gasteiger partial charge on any atom is 0.108 e. The SMILES string of the molecule is Cc1cnn(CC(C)NCc2nc3ccccc3s2)c1. The third kappa shape index (κ3) is 3.05. The first kappa shape index (κ1) is 13.3. The Balaban J connectivity index is 1.58. The van der Waals surface area contributed by atoms with E-state index in [9.17, 15) is 0 Å². The van der Waals surface area contributed by atoms with Crippen molar-refractivity contribution >= 4 is 21.6 Å². The Morgan fingerprint density at radius 2 is 2.20 bits per heavy atom. The third-order valence-electron chi connectivity index (χ3n) is 3.16. The predicted octanol–water partition coefficient (Wildman–Crippen LogP) is 2.98. The highest BCUT2D eigenvalue weighted by atomic mass is 32.1. The second kappa shape index (κ2) is 5.73. The minimum absolute atomic E-state index is 0.362. The summed E-state index contributed by atoms with van der Waals surface area (Å²) in [6.45, 7) is 5.91. The fourth-order valence-electron chi connectivity index (χ4n) is 2.17. The van der Waals surface area contributed by atoms with Crippen LogP contribution in [-0.4, -0.2) is 20.8 Å². The molecule has 0 spiro atoms. The van der Waals surface area contributed by atoms with Crippen LogP contribution in [0, 0.1) is 6.92 Å². The highest BCUT2D eigenvalue weighted by Gasteiger charge is 2.07. The zero-order chi connectivity index (χ0) is 13.9. The van der Waals surface area contributed by atoms with Gasteiger partial charge >= 0.3 is 0 Å². The van der Waals surface area contributed by atoms with E-state index in [1.54, 1.807) is 11.3 Å². The van der Waals surface area contributed by atoms with Crippen LogP contribution in [0.15, 0.2) is 36.7 Å². The highest BCUT2D eigenvalue weighted by molar-refractivity contribution is 7.18. The molecule has 3 aromatic rings. The molecule has 4 nitrogen and oxygen atoms in total. The first-order valence-electron chi connectivity index (χ1n) is 6.77. The lowest BCUT2D eigenvalue weighted by Crippen LogP contribution is -2.30. The van der Waals surface area contributed by atoms with E-state index >= 15 is 0 Å². The number of aromatic nitrogens is 3. The molecule has 0 amide bonds. The van der Waals surface area contributed by atoms with E-state index in [1.165, 1.54) is 10.3 Å². The van der Waals surface area contributed by atoms with Gasteiger partial charge in [0.25, 0.3) is 0 Å². The molecule has 20 heavy (non-hydrogen) atoms. The summed E-state index contributed by atoms with van der Waals surface area (Å²) >= 11 is 1.75. The quantitative estimate of drug-likeness (QED) is 0.784. The summed E-state index contributed by atoms with van der Waals surface area (Å²) < 4.78 is 3.23. The summed E-state index contributed by atoms with van der Waals surface area (Å²) in [4.78, 5) is 4.63. The van der Waals surface area contributed by atoms with Gasteiger partial charge in [-0.05, 0) is 31.5 Å². The molecule has 1 aromatic carbocycles. The van der Waals surface area contributed by atoms with E-state index in [-0.39, 0.29) is 0 Å². The number of hydrogen-bond donors (Lipinski definition) is 1. The van der Waals surface area contributed by atoms with Crippen LogP contribution >= 0.6 is 11.3 Å². The van der Waals surface area contributed by atoms with E-state index < -0.39 is 0 Å². The van der Waals surface area contributed by atoms with E-state index in [0.717, 1.165) is 23.6 Å². The van der Waals surface area contributed by atoms with Gasteiger partial charge in [-0.2, -0.15) is 5.10 Å². The lowest BCUT2D eigenvalue weighted by molar-refractivity contribution is 0.450. The largest absolute Gasteiger partial charge is 0.306 e. The molecule has 3 rings (SSSR count). The molecule has 104 valence electrons. The molecule has 5 heteroatoms. The average molecular weight is 286 g/mol. The van der Waals surface area contributed by atoms with Crippen molar-refractivity contribution in [3.63, 3.8) is 0 Å². The number of para-hydroxylation sites is 1. The van der Waals surface area contributed by atoms with Gasteiger partial charge in [0.15, 0.2) is 0 Å². The summed E-state index contributed by atoms with van der Waals surface area (Å²) in [5.41, 5.74) is 2.29. The number of aryl methyl sites for hydroxylation is 1. The number of hydrogen-bond acceptors (Lipinski definition) is 4. The normalized spacial score (nSPS) is 12.9. The smallest absolute Gasteiger partial charge is 0.108 e. The Labute approximate surface area is 122 Å². The summed E-state index contributed by atoms with van der Waals surface area (Å²) in [5.74, 6) is 0. The molecule has 0 aliphatic heterocycles. The molecule has 0 aliphatic carbocycles. The third-order valence-corrected chi connectivity index (χ3v) is 4.20. The van der Waals surface area contributed by atoms with Crippen LogP contribution in [0.1, 0.15) is 17.5 Å². The Kier molecular flexibility index (Phi) is 3.80. The lowest BCUT2D eigenvalue weighted by Gasteiger charge is -2.12. The van der Waals surface area contributed by atoms with Gasteiger partial charge in [0, 0.05) is 18.8 Å². The van der Waals surface area contributed by atoms with E-state index in [4.69, 9.17) is 0 Å². The fraction of sp³-hybridized carbons (Fsp3) is 0.333. The van der Waals surface area contributed by atoms with E-state index in [1.807, 2.05) is 16.9 Å². The summed E-state index contributed by atoms with van der Waals surface area (Å²) in [6.07, 6.45) is 3.95. The zero-order valence-electron chi connectivity index (χ0n) is 11.7. The Hall–Kier alpha value is -1.72. The first-order chi connectivity index (χ1) is 9.70. The maximum atomic E-state index is 4.63. The van der Waals surface area contributed by atoms with Crippen LogP contribution in [0.5, 0.6) is 0 Å². The Bertz CT molecular complexity index is 668. The monoisotopic (exact) mass is 286 g/mol. The predicted molar refractivity (Wildman–Crippen MR) is 82.9 cm³/mol. The van der Waals surface area contributed by atoms with Crippen molar-refractivity contribution in [3.05, 3.63) is 47.2 Å². The first-order valence-corrected chi connectivity index (χ1v) is 7.59. The number of nitrogens with one attached hydrogen (secondary N) is 1. The van der Waals surface area contributed by atoms with Gasteiger partial charge in [-0.1, -0.05) is 12.1 Å². The van der Waals surface area contributed by atoms with Crippen LogP contribution in [0.4, 0.5) is 0 Å². The van der Waals surface area contributed by atoms with Crippen LogP contribution < -0.4 is 5.32 Å². The van der Waals surface area contributed by atoms with Crippen molar-refractivity contribution in [2.45, 2.75) is 33.0 Å². The van der Waals surface area contributed by atoms with Gasteiger partial charge in [-0.15, -0.1) is 11.3 Å². The molecule has 0 saturated heterocycles. The van der Waals surface area contributed by atoms with Crippen molar-refractivity contribution in [1.82, 2.24) is 20.1 Å². The molecule has 1 unspecified atom stereocenters. The molecule has 2 aromatic heterocycles. The zero-order valence-corrected chi connectivity index (χ0v) is 12.5. The average Bonchev–Trinajstić information content (AvgIpc) is 3.02. The minimum atomic E-state index is 0.362. The second-order valence-corrected chi connectivity index (χ2v) is 6.21. The van der Waals surface area contributed by atoms with Crippen LogP contribution in [0.2, 0.25) is 0 Å². The summed E-state index contributed by atoms with van der Waals surface area (Å²) in [5, 5.41) is 8.95. The Morgan fingerprint density at radius 1 is 1.35 bits per heavy atom. The molecular formula is C15H18N4S. The van der Waals surface area contributed by atoms with Gasteiger partial charge in [0.05, 0.1) is 23.0 Å². The molecule has 2 heterocycles. The topological polar surface area (TPSA) is 42.7 Å². The van der Waals surface area contributed by atoms with Crippen molar-refractivity contribution in [2.75, 3.05) is 0 Å². The number of nitrogens with zero attached hydrogens (tertiary/aromatic N) is 3. The standard InChI is InChI=1S/C15H18N4S/c1-11-7-17-19(9-11)10-12(2)16-8-15-18-13-5-3-4-6-14(13)20-15/h3-7,9,12,16H,8,10H2,1-2H3. The molecule has 0 aliphatic rings. The van der Waals surface area contributed by atoms with E-state index in [2.05, 4.69) is 53.6 Å². The molecule has 0 radical (unpaired) electrons. The van der Waals surface area contributed by atoms with Crippen molar-refractivity contribution in [1.29, 1.82) is 0 Å². The van der Waals surface area contributed by atoms with Gasteiger partial charge in [0.1, 0.15) is 5.01 Å². The van der Waals surface area contributed by atoms with Gasteiger partial charge in [-0.25, -0.2) is 4.98 Å². The van der Waals surface area contributed by atoms with Crippen molar-refractivity contribution < 1.29 is 0 Å². The molecule has 0 saturated carbocycles. The number of fused-ring (bicyclic) bond motifs is 1.